The molecule has 0 aliphatic heterocycles. The molecule has 0 aliphatic rings. The smallest absolute Gasteiger partial charge is 0.414 e. The fourth-order valence-corrected chi connectivity index (χ4v) is 2.65. The molecule has 2 aromatic carbocycles. The van der Waals surface area contributed by atoms with Gasteiger partial charge in [0.05, 0.1) is 0 Å². The standard InChI is InChI=1S/C17H18FNS.C2H2O4/c1-19(2)13-12-17(14-6-4-3-5-7-14)20-16-10-8-15(18)9-11-16;3-1(4)2(5)6/h3-12H,13H2,1-2H3;(H,3,4)(H,5,6). The lowest BCUT2D eigenvalue weighted by Gasteiger charge is -2.11. The van der Waals surface area contributed by atoms with Gasteiger partial charge >= 0.3 is 11.9 Å². The van der Waals surface area contributed by atoms with Crippen LogP contribution in [0.3, 0.4) is 0 Å². The van der Waals surface area contributed by atoms with Crippen LogP contribution in [0, 0.1) is 5.82 Å². The highest BCUT2D eigenvalue weighted by atomic mass is 32.2. The van der Waals surface area contributed by atoms with E-state index >= 15 is 0 Å². The molecule has 0 aromatic heterocycles. The number of halogens is 1. The molecule has 0 radical (unpaired) electrons. The Labute approximate surface area is 155 Å². The van der Waals surface area contributed by atoms with Crippen molar-refractivity contribution in [2.45, 2.75) is 4.90 Å². The second-order valence-electron chi connectivity index (χ2n) is 5.36. The molecule has 5 nitrogen and oxygen atoms in total. The van der Waals surface area contributed by atoms with Crippen LogP contribution in [0.25, 0.3) is 4.91 Å². The second-order valence-corrected chi connectivity index (χ2v) is 6.48. The third-order valence-electron chi connectivity index (χ3n) is 2.92. The van der Waals surface area contributed by atoms with Crippen molar-refractivity contribution < 1.29 is 24.2 Å². The van der Waals surface area contributed by atoms with Gasteiger partial charge in [0.1, 0.15) is 5.82 Å². The summed E-state index contributed by atoms with van der Waals surface area (Å²) >= 11 is 1.66. The Morgan fingerprint density at radius 3 is 2.00 bits per heavy atom. The van der Waals surface area contributed by atoms with E-state index in [1.165, 1.54) is 22.6 Å². The monoisotopic (exact) mass is 377 g/mol. The van der Waals surface area contributed by atoms with Crippen molar-refractivity contribution >= 4 is 28.6 Å². The molecule has 0 bridgehead atoms. The maximum absolute atomic E-state index is 13.0. The van der Waals surface area contributed by atoms with Crippen molar-refractivity contribution in [1.82, 2.24) is 4.90 Å². The third-order valence-corrected chi connectivity index (χ3v) is 4.05. The Morgan fingerprint density at radius 1 is 1.00 bits per heavy atom. The number of thioether (sulfide) groups is 1. The number of benzene rings is 2. The molecule has 0 heterocycles. The zero-order valence-corrected chi connectivity index (χ0v) is 15.2. The number of likely N-dealkylation sites (N-methyl/N-ethyl adjacent to an activating group) is 1. The predicted octanol–water partition coefficient (Wildman–Crippen LogP) is 3.68. The largest absolute Gasteiger partial charge is 0.473 e. The van der Waals surface area contributed by atoms with E-state index in [9.17, 15) is 4.39 Å². The van der Waals surface area contributed by atoms with Gasteiger partial charge in [0, 0.05) is 16.3 Å². The lowest BCUT2D eigenvalue weighted by atomic mass is 10.2. The van der Waals surface area contributed by atoms with Gasteiger partial charge in [-0.3, -0.25) is 0 Å². The maximum Gasteiger partial charge on any atom is 0.414 e. The van der Waals surface area contributed by atoms with Crippen molar-refractivity contribution in [3.63, 3.8) is 0 Å². The highest BCUT2D eigenvalue weighted by Crippen LogP contribution is 2.34. The summed E-state index contributed by atoms with van der Waals surface area (Å²) < 4.78 is 13.0. The number of carbonyl (C=O) groups is 2. The van der Waals surface area contributed by atoms with Crippen LogP contribution in [-0.2, 0) is 9.59 Å². The molecule has 0 atom stereocenters. The van der Waals surface area contributed by atoms with Crippen molar-refractivity contribution in [3.8, 4) is 0 Å². The topological polar surface area (TPSA) is 77.8 Å². The van der Waals surface area contributed by atoms with Gasteiger partial charge in [-0.05, 0) is 43.9 Å². The molecule has 0 aliphatic carbocycles. The Morgan fingerprint density at radius 2 is 1.54 bits per heavy atom. The van der Waals surface area contributed by atoms with E-state index in [0.29, 0.717) is 0 Å². The molecular weight excluding hydrogens is 357 g/mol. The van der Waals surface area contributed by atoms with Crippen LogP contribution in [0.2, 0.25) is 0 Å². The van der Waals surface area contributed by atoms with Crippen molar-refractivity contribution in [2.75, 3.05) is 20.6 Å². The van der Waals surface area contributed by atoms with E-state index in [1.54, 1.807) is 11.8 Å². The summed E-state index contributed by atoms with van der Waals surface area (Å²) in [5, 5.41) is 14.8. The van der Waals surface area contributed by atoms with Crippen molar-refractivity contribution in [3.05, 3.63) is 72.1 Å². The van der Waals surface area contributed by atoms with Gasteiger partial charge in [-0.1, -0.05) is 48.2 Å². The summed E-state index contributed by atoms with van der Waals surface area (Å²) in [6.07, 6.45) is 2.20. The van der Waals surface area contributed by atoms with E-state index in [-0.39, 0.29) is 5.82 Å². The summed E-state index contributed by atoms with van der Waals surface area (Å²) in [5.41, 5.74) is 1.18. The fraction of sp³-hybridized carbons (Fsp3) is 0.158. The Hall–Kier alpha value is -2.64. The molecular formula is C19H20FNO4S. The normalized spacial score (nSPS) is 10.8. The number of aliphatic carboxylic acids is 2. The number of hydrogen-bond acceptors (Lipinski definition) is 4. The minimum Gasteiger partial charge on any atom is -0.473 e. The predicted molar refractivity (Wildman–Crippen MR) is 101 cm³/mol. The summed E-state index contributed by atoms with van der Waals surface area (Å²) in [6, 6.07) is 16.9. The molecule has 2 rings (SSSR count). The molecule has 0 amide bonds. The van der Waals surface area contributed by atoms with Gasteiger partial charge in [0.2, 0.25) is 0 Å². The van der Waals surface area contributed by atoms with Crippen molar-refractivity contribution in [2.24, 2.45) is 0 Å². The van der Waals surface area contributed by atoms with Crippen LogP contribution in [0.15, 0.2) is 65.6 Å². The van der Waals surface area contributed by atoms with Crippen LogP contribution < -0.4 is 0 Å². The average Bonchev–Trinajstić information content (AvgIpc) is 2.61. The number of nitrogens with zero attached hydrogens (tertiary/aromatic N) is 1. The molecule has 0 unspecified atom stereocenters. The van der Waals surface area contributed by atoms with Gasteiger partial charge in [-0.25, -0.2) is 14.0 Å². The van der Waals surface area contributed by atoms with E-state index in [0.717, 1.165) is 11.4 Å². The molecule has 7 heteroatoms. The minimum atomic E-state index is -1.82. The van der Waals surface area contributed by atoms with Gasteiger partial charge in [0.15, 0.2) is 0 Å². The number of rotatable bonds is 5. The SMILES string of the molecule is CN(C)CC=C(Sc1ccc(F)cc1)c1ccccc1.O=C(O)C(=O)O. The Bertz CT molecular complexity index is 734. The molecule has 0 saturated heterocycles. The number of hydrogen-bond donors (Lipinski definition) is 2. The summed E-state index contributed by atoms with van der Waals surface area (Å²) in [6.45, 7) is 0.873. The Balaban J connectivity index is 0.000000487. The van der Waals surface area contributed by atoms with Gasteiger partial charge < -0.3 is 15.1 Å². The zero-order chi connectivity index (χ0) is 19.5. The van der Waals surface area contributed by atoms with Crippen molar-refractivity contribution in [1.29, 1.82) is 0 Å². The number of carboxylic acid groups (broad SMARTS) is 2. The molecule has 0 spiro atoms. The van der Waals surface area contributed by atoms with Crippen LogP contribution in [0.5, 0.6) is 0 Å². The summed E-state index contributed by atoms with van der Waals surface area (Å²) in [5.74, 6) is -3.85. The fourth-order valence-electron chi connectivity index (χ4n) is 1.72. The lowest BCUT2D eigenvalue weighted by Crippen LogP contribution is -2.10. The molecule has 138 valence electrons. The van der Waals surface area contributed by atoms with E-state index in [1.807, 2.05) is 44.4 Å². The molecule has 0 fully saturated rings. The second kappa shape index (κ2) is 11.1. The van der Waals surface area contributed by atoms with Crippen LogP contribution >= 0.6 is 11.8 Å². The lowest BCUT2D eigenvalue weighted by molar-refractivity contribution is -0.159. The first-order valence-electron chi connectivity index (χ1n) is 7.59. The van der Waals surface area contributed by atoms with Crippen LogP contribution in [-0.4, -0.2) is 47.7 Å². The van der Waals surface area contributed by atoms with Crippen LogP contribution in [0.1, 0.15) is 5.56 Å². The highest BCUT2D eigenvalue weighted by molar-refractivity contribution is 8.08. The summed E-state index contributed by atoms with van der Waals surface area (Å²) in [7, 11) is 4.09. The summed E-state index contributed by atoms with van der Waals surface area (Å²) in [4.78, 5) is 22.5. The molecule has 2 N–H and O–H groups in total. The van der Waals surface area contributed by atoms with Crippen LogP contribution in [0.4, 0.5) is 4.39 Å². The van der Waals surface area contributed by atoms with E-state index in [2.05, 4.69) is 23.1 Å². The average molecular weight is 377 g/mol. The van der Waals surface area contributed by atoms with Gasteiger partial charge in [-0.2, -0.15) is 0 Å². The molecule has 2 aromatic rings. The first-order chi connectivity index (χ1) is 12.3. The Kier molecular flexibility index (Phi) is 9.11. The first-order valence-corrected chi connectivity index (χ1v) is 8.41. The first kappa shape index (κ1) is 21.4. The van der Waals surface area contributed by atoms with Gasteiger partial charge in [-0.15, -0.1) is 0 Å². The number of carboxylic acids is 2. The quantitative estimate of drug-likeness (QED) is 0.611. The third kappa shape index (κ3) is 8.46. The minimum absolute atomic E-state index is 0.201. The van der Waals surface area contributed by atoms with E-state index < -0.39 is 11.9 Å². The highest BCUT2D eigenvalue weighted by Gasteiger charge is 2.05. The maximum atomic E-state index is 13.0. The van der Waals surface area contributed by atoms with E-state index in [4.69, 9.17) is 19.8 Å². The zero-order valence-electron chi connectivity index (χ0n) is 14.4. The molecule has 0 saturated carbocycles. The van der Waals surface area contributed by atoms with Gasteiger partial charge in [0.25, 0.3) is 0 Å². The molecule has 26 heavy (non-hydrogen) atoms.